The SMILES string of the molecule is CCCC(CC)Oc1c(C)cccc1C.c1csc(-c2cccs2)c1. The molecule has 0 amide bonds. The monoisotopic (exact) mass is 372 g/mol. The third-order valence-electron chi connectivity index (χ3n) is 4.04. The highest BCUT2D eigenvalue weighted by atomic mass is 32.1. The van der Waals surface area contributed by atoms with E-state index in [1.165, 1.54) is 27.3 Å². The molecule has 0 bridgehead atoms. The Bertz CT molecular complexity index is 662. The van der Waals surface area contributed by atoms with Crippen molar-refractivity contribution in [1.29, 1.82) is 0 Å². The molecule has 0 aliphatic rings. The fraction of sp³-hybridized carbons (Fsp3) is 0.364. The summed E-state index contributed by atoms with van der Waals surface area (Å²) >= 11 is 3.58. The molecule has 0 radical (unpaired) electrons. The first-order valence-corrected chi connectivity index (χ1v) is 10.7. The second-order valence-electron chi connectivity index (χ2n) is 6.11. The normalized spacial score (nSPS) is 11.5. The number of hydrogen-bond acceptors (Lipinski definition) is 3. The molecule has 0 saturated carbocycles. The fourth-order valence-corrected chi connectivity index (χ4v) is 4.24. The Morgan fingerprint density at radius 2 is 1.40 bits per heavy atom. The lowest BCUT2D eigenvalue weighted by Crippen LogP contribution is -2.16. The zero-order valence-corrected chi connectivity index (χ0v) is 17.3. The first-order valence-electron chi connectivity index (χ1n) is 8.95. The average Bonchev–Trinajstić information content (AvgIpc) is 3.31. The molecule has 1 unspecified atom stereocenters. The van der Waals surface area contributed by atoms with Crippen molar-refractivity contribution in [3.63, 3.8) is 0 Å². The highest BCUT2D eigenvalue weighted by Gasteiger charge is 2.10. The summed E-state index contributed by atoms with van der Waals surface area (Å²) in [7, 11) is 0. The van der Waals surface area contributed by atoms with Crippen LogP contribution in [0.15, 0.2) is 53.2 Å². The van der Waals surface area contributed by atoms with E-state index in [1.54, 1.807) is 22.7 Å². The number of hydrogen-bond donors (Lipinski definition) is 0. The molecule has 1 atom stereocenters. The van der Waals surface area contributed by atoms with Crippen molar-refractivity contribution in [2.45, 2.75) is 53.1 Å². The van der Waals surface area contributed by atoms with E-state index >= 15 is 0 Å². The van der Waals surface area contributed by atoms with Gasteiger partial charge in [0.05, 0.1) is 6.10 Å². The van der Waals surface area contributed by atoms with Gasteiger partial charge in [-0.3, -0.25) is 0 Å². The van der Waals surface area contributed by atoms with Crippen LogP contribution < -0.4 is 4.74 Å². The predicted molar refractivity (Wildman–Crippen MR) is 113 cm³/mol. The van der Waals surface area contributed by atoms with Gasteiger partial charge in [-0.1, -0.05) is 50.6 Å². The summed E-state index contributed by atoms with van der Waals surface area (Å²) < 4.78 is 6.07. The molecule has 1 aromatic carbocycles. The van der Waals surface area contributed by atoms with Gasteiger partial charge in [0.25, 0.3) is 0 Å². The van der Waals surface area contributed by atoms with Crippen LogP contribution in [0.25, 0.3) is 9.75 Å². The molecule has 3 rings (SSSR count). The van der Waals surface area contributed by atoms with E-state index in [0.717, 1.165) is 18.6 Å². The third kappa shape index (κ3) is 6.02. The van der Waals surface area contributed by atoms with Crippen LogP contribution in [0.2, 0.25) is 0 Å². The van der Waals surface area contributed by atoms with Crippen LogP contribution in [0.4, 0.5) is 0 Å². The fourth-order valence-electron chi connectivity index (χ4n) is 2.66. The molecular weight excluding hydrogens is 344 g/mol. The number of thiophene rings is 2. The van der Waals surface area contributed by atoms with E-state index < -0.39 is 0 Å². The van der Waals surface area contributed by atoms with Crippen LogP contribution in [-0.4, -0.2) is 6.10 Å². The van der Waals surface area contributed by atoms with Gasteiger partial charge in [0.1, 0.15) is 5.75 Å². The van der Waals surface area contributed by atoms with Crippen molar-refractivity contribution in [2.24, 2.45) is 0 Å². The van der Waals surface area contributed by atoms with Crippen molar-refractivity contribution in [3.05, 3.63) is 64.4 Å². The molecule has 134 valence electrons. The highest BCUT2D eigenvalue weighted by Crippen LogP contribution is 2.28. The summed E-state index contributed by atoms with van der Waals surface area (Å²) in [4.78, 5) is 2.74. The van der Waals surface area contributed by atoms with Crippen molar-refractivity contribution >= 4 is 22.7 Å². The van der Waals surface area contributed by atoms with Crippen molar-refractivity contribution in [3.8, 4) is 15.5 Å². The minimum Gasteiger partial charge on any atom is -0.490 e. The third-order valence-corrected chi connectivity index (χ3v) is 5.98. The summed E-state index contributed by atoms with van der Waals surface area (Å²) in [6, 6.07) is 14.8. The van der Waals surface area contributed by atoms with Crippen LogP contribution in [0, 0.1) is 13.8 Å². The summed E-state index contributed by atoms with van der Waals surface area (Å²) in [5.74, 6) is 1.08. The molecule has 0 saturated heterocycles. The quantitative estimate of drug-likeness (QED) is 0.430. The lowest BCUT2D eigenvalue weighted by atomic mass is 10.1. The molecule has 3 heteroatoms. The van der Waals surface area contributed by atoms with E-state index in [4.69, 9.17) is 4.74 Å². The predicted octanol–water partition coefficient (Wildman–Crippen LogP) is 7.74. The largest absolute Gasteiger partial charge is 0.490 e. The van der Waals surface area contributed by atoms with Gasteiger partial charge in [-0.15, -0.1) is 22.7 Å². The summed E-state index contributed by atoms with van der Waals surface area (Å²) in [6.07, 6.45) is 3.78. The summed E-state index contributed by atoms with van der Waals surface area (Å²) in [6.45, 7) is 8.62. The van der Waals surface area contributed by atoms with Crippen LogP contribution in [0.3, 0.4) is 0 Å². The second kappa shape index (κ2) is 10.4. The number of benzene rings is 1. The Labute approximate surface area is 160 Å². The van der Waals surface area contributed by atoms with E-state index in [9.17, 15) is 0 Å². The molecule has 0 aliphatic heterocycles. The number of ether oxygens (including phenoxy) is 1. The van der Waals surface area contributed by atoms with E-state index in [2.05, 4.69) is 80.9 Å². The van der Waals surface area contributed by atoms with E-state index in [0.29, 0.717) is 6.10 Å². The van der Waals surface area contributed by atoms with Crippen molar-refractivity contribution in [2.75, 3.05) is 0 Å². The van der Waals surface area contributed by atoms with Gasteiger partial charge in [-0.2, -0.15) is 0 Å². The molecule has 1 nitrogen and oxygen atoms in total. The standard InChI is InChI=1S/C14H22O.C8H6S2/c1-5-8-13(6-2)15-14-11(3)9-7-10-12(14)4;1-3-7(9-5-1)8-4-2-6-10-8/h7,9-10,13H,5-6,8H2,1-4H3;1-6H. The van der Waals surface area contributed by atoms with Gasteiger partial charge < -0.3 is 4.74 Å². The maximum Gasteiger partial charge on any atom is 0.125 e. The second-order valence-corrected chi connectivity index (χ2v) is 8.01. The molecule has 0 N–H and O–H groups in total. The van der Waals surface area contributed by atoms with E-state index in [1.807, 2.05) is 0 Å². The number of para-hydroxylation sites is 1. The van der Waals surface area contributed by atoms with E-state index in [-0.39, 0.29) is 0 Å². The zero-order chi connectivity index (χ0) is 18.1. The first-order chi connectivity index (χ1) is 12.2. The van der Waals surface area contributed by atoms with Crippen LogP contribution >= 0.6 is 22.7 Å². The van der Waals surface area contributed by atoms with Gasteiger partial charge >= 0.3 is 0 Å². The molecule has 2 heterocycles. The molecule has 0 fully saturated rings. The Kier molecular flexibility index (Phi) is 8.23. The van der Waals surface area contributed by atoms with Crippen LogP contribution in [-0.2, 0) is 0 Å². The molecule has 2 aromatic heterocycles. The smallest absolute Gasteiger partial charge is 0.125 e. The number of rotatable bonds is 6. The maximum absolute atomic E-state index is 6.07. The minimum absolute atomic E-state index is 0.370. The Hall–Kier alpha value is -1.58. The van der Waals surface area contributed by atoms with Gasteiger partial charge in [-0.25, -0.2) is 0 Å². The average molecular weight is 373 g/mol. The lowest BCUT2D eigenvalue weighted by Gasteiger charge is -2.20. The highest BCUT2D eigenvalue weighted by molar-refractivity contribution is 7.20. The molecule has 3 aromatic rings. The van der Waals surface area contributed by atoms with Crippen molar-refractivity contribution in [1.82, 2.24) is 0 Å². The van der Waals surface area contributed by atoms with Gasteiger partial charge in [-0.05, 0) is 60.7 Å². The van der Waals surface area contributed by atoms with Crippen LogP contribution in [0.5, 0.6) is 5.75 Å². The minimum atomic E-state index is 0.370. The molecule has 0 spiro atoms. The first kappa shape index (κ1) is 19.7. The Balaban J connectivity index is 0.000000194. The van der Waals surface area contributed by atoms with Crippen molar-refractivity contribution < 1.29 is 4.74 Å². The van der Waals surface area contributed by atoms with Crippen LogP contribution in [0.1, 0.15) is 44.2 Å². The van der Waals surface area contributed by atoms with Gasteiger partial charge in [0.15, 0.2) is 0 Å². The maximum atomic E-state index is 6.07. The number of aryl methyl sites for hydroxylation is 2. The Morgan fingerprint density at radius 3 is 1.80 bits per heavy atom. The molecule has 0 aliphatic carbocycles. The van der Waals surface area contributed by atoms with Gasteiger partial charge in [0, 0.05) is 9.75 Å². The van der Waals surface area contributed by atoms with Gasteiger partial charge in [0.2, 0.25) is 0 Å². The summed E-state index contributed by atoms with van der Waals surface area (Å²) in [5, 5.41) is 4.21. The topological polar surface area (TPSA) is 9.23 Å². The molecular formula is C22H28OS2. The Morgan fingerprint density at radius 1 is 0.840 bits per heavy atom. The lowest BCUT2D eigenvalue weighted by molar-refractivity contribution is 0.183. The molecule has 25 heavy (non-hydrogen) atoms. The zero-order valence-electron chi connectivity index (χ0n) is 15.6. The summed E-state index contributed by atoms with van der Waals surface area (Å²) in [5.41, 5.74) is 2.48.